The fourth-order valence-corrected chi connectivity index (χ4v) is 3.07. The average molecular weight is 316 g/mol. The summed E-state index contributed by atoms with van der Waals surface area (Å²) in [6.45, 7) is 0. The molecule has 104 valence electrons. The fourth-order valence-electron chi connectivity index (χ4n) is 1.66. The van der Waals surface area contributed by atoms with Gasteiger partial charge in [0.15, 0.2) is 5.16 Å². The molecule has 3 N–H and O–H groups in total. The van der Waals surface area contributed by atoms with Gasteiger partial charge >= 0.3 is 0 Å². The second-order valence-corrected chi connectivity index (χ2v) is 5.86. The van der Waals surface area contributed by atoms with Gasteiger partial charge in [-0.3, -0.25) is 4.79 Å². The summed E-state index contributed by atoms with van der Waals surface area (Å²) in [5, 5.41) is 11.0. The van der Waals surface area contributed by atoms with Crippen molar-refractivity contribution in [3.63, 3.8) is 0 Å². The standard InChI is InChI=1S/C12H8N6OS2/c13-3-6-4-15-12(18-10(6)14)21-5-8-16-7-1-2-20-9(7)11(19)17-8/h1-2,4H,5H2,(H2,14,15,18)(H,16,17,19). The Labute approximate surface area is 126 Å². The van der Waals surface area contributed by atoms with Gasteiger partial charge in [-0.15, -0.1) is 11.3 Å². The van der Waals surface area contributed by atoms with Crippen LogP contribution in [-0.2, 0) is 5.75 Å². The number of nitrogen functional groups attached to an aromatic ring is 1. The van der Waals surface area contributed by atoms with Gasteiger partial charge in [0.25, 0.3) is 5.56 Å². The summed E-state index contributed by atoms with van der Waals surface area (Å²) in [7, 11) is 0. The van der Waals surface area contributed by atoms with Crippen molar-refractivity contribution in [3.8, 4) is 6.07 Å². The summed E-state index contributed by atoms with van der Waals surface area (Å²) in [6.07, 6.45) is 1.38. The molecule has 7 nitrogen and oxygen atoms in total. The molecule has 3 aromatic rings. The Morgan fingerprint density at radius 2 is 2.33 bits per heavy atom. The van der Waals surface area contributed by atoms with Crippen molar-refractivity contribution in [2.45, 2.75) is 10.9 Å². The smallest absolute Gasteiger partial charge is 0.268 e. The van der Waals surface area contributed by atoms with Crippen molar-refractivity contribution in [1.82, 2.24) is 19.9 Å². The van der Waals surface area contributed by atoms with E-state index >= 15 is 0 Å². The molecule has 3 aromatic heterocycles. The minimum absolute atomic E-state index is 0.143. The Balaban J connectivity index is 1.82. The molecular weight excluding hydrogens is 308 g/mol. The number of aromatic amines is 1. The van der Waals surface area contributed by atoms with E-state index in [0.717, 1.165) is 0 Å². The number of rotatable bonds is 3. The molecule has 0 bridgehead atoms. The van der Waals surface area contributed by atoms with Crippen LogP contribution >= 0.6 is 23.1 Å². The lowest BCUT2D eigenvalue weighted by molar-refractivity contribution is 0.961. The number of nitrogens with zero attached hydrogens (tertiary/aromatic N) is 4. The quantitative estimate of drug-likeness (QED) is 0.555. The van der Waals surface area contributed by atoms with E-state index in [9.17, 15) is 4.79 Å². The number of nitrogens with two attached hydrogens (primary N) is 1. The maximum absolute atomic E-state index is 11.8. The maximum Gasteiger partial charge on any atom is 0.268 e. The van der Waals surface area contributed by atoms with E-state index in [1.807, 2.05) is 11.4 Å². The SMILES string of the molecule is N#Cc1cnc(SCc2nc3ccsc3c(=O)[nH]2)nc1N. The molecule has 9 heteroatoms. The number of thioether (sulfide) groups is 1. The van der Waals surface area contributed by atoms with E-state index in [1.165, 1.54) is 29.3 Å². The lowest BCUT2D eigenvalue weighted by Gasteiger charge is -2.02. The molecule has 0 saturated carbocycles. The van der Waals surface area contributed by atoms with Crippen LogP contribution in [-0.4, -0.2) is 19.9 Å². The van der Waals surface area contributed by atoms with Crippen LogP contribution < -0.4 is 11.3 Å². The van der Waals surface area contributed by atoms with E-state index in [-0.39, 0.29) is 16.9 Å². The number of anilines is 1. The predicted octanol–water partition coefficient (Wildman–Crippen LogP) is 1.52. The van der Waals surface area contributed by atoms with Gasteiger partial charge in [-0.25, -0.2) is 15.0 Å². The molecule has 0 radical (unpaired) electrons. The Kier molecular flexibility index (Phi) is 3.55. The van der Waals surface area contributed by atoms with Crippen LogP contribution in [0.15, 0.2) is 27.6 Å². The first-order valence-corrected chi connectivity index (χ1v) is 7.65. The number of hydrogen-bond donors (Lipinski definition) is 2. The number of thiophene rings is 1. The Hall–Kier alpha value is -2.44. The zero-order chi connectivity index (χ0) is 14.8. The van der Waals surface area contributed by atoms with Crippen molar-refractivity contribution in [2.75, 3.05) is 5.73 Å². The van der Waals surface area contributed by atoms with E-state index in [0.29, 0.717) is 27.0 Å². The summed E-state index contributed by atoms with van der Waals surface area (Å²) in [5.74, 6) is 1.10. The van der Waals surface area contributed by atoms with Gasteiger partial charge in [-0.05, 0) is 11.4 Å². The summed E-state index contributed by atoms with van der Waals surface area (Å²) in [6, 6.07) is 3.71. The largest absolute Gasteiger partial charge is 0.382 e. The van der Waals surface area contributed by atoms with Gasteiger partial charge in [0.1, 0.15) is 28.0 Å². The van der Waals surface area contributed by atoms with Gasteiger partial charge in [0.2, 0.25) is 0 Å². The van der Waals surface area contributed by atoms with Crippen LogP contribution in [0, 0.1) is 11.3 Å². The number of aromatic nitrogens is 4. The molecule has 0 aliphatic heterocycles. The third kappa shape index (κ3) is 2.72. The average Bonchev–Trinajstić information content (AvgIpc) is 2.94. The number of fused-ring (bicyclic) bond motifs is 1. The van der Waals surface area contributed by atoms with Gasteiger partial charge < -0.3 is 10.7 Å². The minimum Gasteiger partial charge on any atom is -0.382 e. The van der Waals surface area contributed by atoms with Crippen molar-refractivity contribution < 1.29 is 0 Å². The van der Waals surface area contributed by atoms with Crippen LogP contribution in [0.4, 0.5) is 5.82 Å². The van der Waals surface area contributed by atoms with Crippen molar-refractivity contribution in [2.24, 2.45) is 0 Å². The molecule has 0 unspecified atom stereocenters. The molecule has 0 aromatic carbocycles. The van der Waals surface area contributed by atoms with Crippen LogP contribution in [0.25, 0.3) is 10.2 Å². The molecule has 3 rings (SSSR count). The number of nitriles is 1. The van der Waals surface area contributed by atoms with Gasteiger partial charge in [0.05, 0.1) is 17.5 Å². The molecule has 0 spiro atoms. The molecule has 0 aliphatic carbocycles. The first kappa shape index (κ1) is 13.5. The minimum atomic E-state index is -0.147. The number of nitrogens with one attached hydrogen (secondary N) is 1. The molecule has 3 heterocycles. The Bertz CT molecular complexity index is 910. The molecule has 21 heavy (non-hydrogen) atoms. The fraction of sp³-hybridized carbons (Fsp3) is 0.0833. The first-order valence-electron chi connectivity index (χ1n) is 5.79. The van der Waals surface area contributed by atoms with Crippen molar-refractivity contribution in [1.29, 1.82) is 5.26 Å². The number of H-pyrrole nitrogens is 1. The third-order valence-corrected chi connectivity index (χ3v) is 4.39. The molecular formula is C12H8N6OS2. The van der Waals surface area contributed by atoms with Crippen LogP contribution in [0.1, 0.15) is 11.4 Å². The maximum atomic E-state index is 11.8. The molecule has 0 saturated heterocycles. The highest BCUT2D eigenvalue weighted by Gasteiger charge is 2.08. The molecule has 0 atom stereocenters. The van der Waals surface area contributed by atoms with Crippen LogP contribution in [0.5, 0.6) is 0 Å². The zero-order valence-corrected chi connectivity index (χ0v) is 12.2. The monoisotopic (exact) mass is 316 g/mol. The molecule has 0 amide bonds. The molecule has 0 fully saturated rings. The Morgan fingerprint density at radius 1 is 1.48 bits per heavy atom. The Morgan fingerprint density at radius 3 is 3.10 bits per heavy atom. The normalized spacial score (nSPS) is 10.6. The van der Waals surface area contributed by atoms with E-state index in [1.54, 1.807) is 6.07 Å². The van der Waals surface area contributed by atoms with Gasteiger partial charge in [-0.1, -0.05) is 11.8 Å². The third-order valence-electron chi connectivity index (χ3n) is 2.62. The zero-order valence-electron chi connectivity index (χ0n) is 10.5. The van der Waals surface area contributed by atoms with E-state index in [4.69, 9.17) is 11.0 Å². The number of hydrogen-bond acceptors (Lipinski definition) is 8. The molecule has 0 aliphatic rings. The summed E-state index contributed by atoms with van der Waals surface area (Å²) in [5.41, 5.74) is 6.40. The second-order valence-electron chi connectivity index (χ2n) is 4.00. The first-order chi connectivity index (χ1) is 10.2. The summed E-state index contributed by atoms with van der Waals surface area (Å²) < 4.78 is 0.614. The predicted molar refractivity (Wildman–Crippen MR) is 81.0 cm³/mol. The highest BCUT2D eigenvalue weighted by Crippen LogP contribution is 2.20. The highest BCUT2D eigenvalue weighted by atomic mass is 32.2. The van der Waals surface area contributed by atoms with Crippen LogP contribution in [0.2, 0.25) is 0 Å². The van der Waals surface area contributed by atoms with Crippen molar-refractivity contribution >= 4 is 39.1 Å². The topological polar surface area (TPSA) is 121 Å². The summed E-state index contributed by atoms with van der Waals surface area (Å²) in [4.78, 5) is 27.0. The van der Waals surface area contributed by atoms with Gasteiger partial charge in [0, 0.05) is 0 Å². The van der Waals surface area contributed by atoms with E-state index < -0.39 is 0 Å². The summed E-state index contributed by atoms with van der Waals surface area (Å²) >= 11 is 2.64. The van der Waals surface area contributed by atoms with Crippen molar-refractivity contribution in [3.05, 3.63) is 39.4 Å². The highest BCUT2D eigenvalue weighted by molar-refractivity contribution is 7.98. The lowest BCUT2D eigenvalue weighted by Crippen LogP contribution is -2.09. The van der Waals surface area contributed by atoms with E-state index in [2.05, 4.69) is 19.9 Å². The lowest BCUT2D eigenvalue weighted by atomic mass is 10.3. The second kappa shape index (κ2) is 5.51. The van der Waals surface area contributed by atoms with Gasteiger partial charge in [-0.2, -0.15) is 5.26 Å². The van der Waals surface area contributed by atoms with Crippen LogP contribution in [0.3, 0.4) is 0 Å².